The highest BCUT2D eigenvalue weighted by molar-refractivity contribution is 5.68. The Bertz CT molecular complexity index is 609. The first-order valence-corrected chi connectivity index (χ1v) is 8.57. The number of likely N-dealkylation sites (N-methyl/N-ethyl adjacent to an activating group) is 1. The lowest BCUT2D eigenvalue weighted by molar-refractivity contribution is -0.139. The highest BCUT2D eigenvalue weighted by Gasteiger charge is 2.32. The van der Waals surface area contributed by atoms with Crippen molar-refractivity contribution in [2.24, 2.45) is 5.92 Å². The van der Waals surface area contributed by atoms with Gasteiger partial charge in [-0.25, -0.2) is 4.79 Å². The first-order chi connectivity index (χ1) is 12.0. The average molecular weight is 350 g/mol. The molecule has 0 aliphatic carbocycles. The van der Waals surface area contributed by atoms with Gasteiger partial charge in [-0.05, 0) is 24.7 Å². The van der Waals surface area contributed by atoms with Crippen LogP contribution in [0.25, 0.3) is 0 Å². The van der Waals surface area contributed by atoms with Crippen LogP contribution in [0.3, 0.4) is 0 Å². The van der Waals surface area contributed by atoms with E-state index in [0.29, 0.717) is 23.5 Å². The first kappa shape index (κ1) is 18.0. The van der Waals surface area contributed by atoms with E-state index < -0.39 is 5.97 Å². The molecule has 7 heteroatoms. The van der Waals surface area contributed by atoms with E-state index in [9.17, 15) is 4.79 Å². The van der Waals surface area contributed by atoms with E-state index in [1.165, 1.54) is 0 Å². The maximum absolute atomic E-state index is 10.8. The van der Waals surface area contributed by atoms with Gasteiger partial charge in [0, 0.05) is 38.1 Å². The molecular formula is C18H26N2O5. The Morgan fingerprint density at radius 1 is 1.28 bits per heavy atom. The van der Waals surface area contributed by atoms with E-state index in [1.54, 1.807) is 7.11 Å². The predicted molar refractivity (Wildman–Crippen MR) is 92.1 cm³/mol. The summed E-state index contributed by atoms with van der Waals surface area (Å²) in [6.07, 6.45) is 0. The van der Waals surface area contributed by atoms with Crippen molar-refractivity contribution in [3.05, 3.63) is 23.8 Å². The van der Waals surface area contributed by atoms with Gasteiger partial charge < -0.3 is 24.2 Å². The summed E-state index contributed by atoms with van der Waals surface area (Å²) in [7, 11) is 3.72. The summed E-state index contributed by atoms with van der Waals surface area (Å²) in [6.45, 7) is 5.02. The van der Waals surface area contributed by atoms with Gasteiger partial charge in [0.15, 0.2) is 18.1 Å². The fourth-order valence-corrected chi connectivity index (χ4v) is 3.66. The molecule has 7 nitrogen and oxygen atoms in total. The molecule has 0 saturated carbocycles. The van der Waals surface area contributed by atoms with Crippen LogP contribution in [0.5, 0.6) is 11.5 Å². The Morgan fingerprint density at radius 3 is 2.88 bits per heavy atom. The maximum atomic E-state index is 10.8. The van der Waals surface area contributed by atoms with Crippen LogP contribution in [0, 0.1) is 5.92 Å². The highest BCUT2D eigenvalue weighted by Crippen LogP contribution is 2.29. The number of ether oxygens (including phenoxy) is 3. The van der Waals surface area contributed by atoms with E-state index in [1.807, 2.05) is 18.2 Å². The summed E-state index contributed by atoms with van der Waals surface area (Å²) in [5, 5.41) is 8.83. The predicted octanol–water partition coefficient (Wildman–Crippen LogP) is 0.921. The number of rotatable bonds is 6. The fourth-order valence-electron chi connectivity index (χ4n) is 3.66. The van der Waals surface area contributed by atoms with Crippen LogP contribution < -0.4 is 9.47 Å². The van der Waals surface area contributed by atoms with Gasteiger partial charge in [-0.3, -0.25) is 4.90 Å². The molecule has 0 amide bonds. The number of hydrogen-bond acceptors (Lipinski definition) is 6. The molecule has 2 bridgehead atoms. The summed E-state index contributed by atoms with van der Waals surface area (Å²) < 4.78 is 16.5. The van der Waals surface area contributed by atoms with E-state index in [-0.39, 0.29) is 6.61 Å². The second-order valence-corrected chi connectivity index (χ2v) is 6.88. The van der Waals surface area contributed by atoms with Gasteiger partial charge in [0.25, 0.3) is 0 Å². The van der Waals surface area contributed by atoms with Gasteiger partial charge in [-0.15, -0.1) is 0 Å². The van der Waals surface area contributed by atoms with Gasteiger partial charge in [-0.2, -0.15) is 0 Å². The Balaban J connectivity index is 1.75. The Hall–Kier alpha value is -1.83. The molecule has 2 saturated heterocycles. The lowest BCUT2D eigenvalue weighted by Crippen LogP contribution is -2.42. The summed E-state index contributed by atoms with van der Waals surface area (Å²) in [5.41, 5.74) is 1.08. The van der Waals surface area contributed by atoms with Crippen molar-refractivity contribution in [2.45, 2.75) is 12.6 Å². The van der Waals surface area contributed by atoms with Crippen molar-refractivity contribution in [3.63, 3.8) is 0 Å². The van der Waals surface area contributed by atoms with Crippen molar-refractivity contribution in [2.75, 3.05) is 53.6 Å². The van der Waals surface area contributed by atoms with Crippen molar-refractivity contribution >= 4 is 5.97 Å². The molecule has 2 aliphatic rings. The zero-order valence-electron chi connectivity index (χ0n) is 14.8. The number of methoxy groups -OCH3 is 1. The number of benzene rings is 1. The third-order valence-electron chi connectivity index (χ3n) is 4.73. The van der Waals surface area contributed by atoms with Crippen molar-refractivity contribution in [1.82, 2.24) is 9.80 Å². The number of carbonyl (C=O) groups is 1. The van der Waals surface area contributed by atoms with Crippen molar-refractivity contribution in [1.29, 1.82) is 0 Å². The number of hydrogen-bond donors (Lipinski definition) is 1. The van der Waals surface area contributed by atoms with Crippen LogP contribution in [0.1, 0.15) is 5.56 Å². The number of aliphatic carboxylic acids is 1. The molecule has 3 rings (SSSR count). The lowest BCUT2D eigenvalue weighted by Gasteiger charge is -2.29. The third-order valence-corrected chi connectivity index (χ3v) is 4.73. The largest absolute Gasteiger partial charge is 0.493 e. The molecule has 2 aliphatic heterocycles. The summed E-state index contributed by atoms with van der Waals surface area (Å²) >= 11 is 0. The molecule has 0 radical (unpaired) electrons. The minimum Gasteiger partial charge on any atom is -0.493 e. The molecule has 1 aromatic rings. The van der Waals surface area contributed by atoms with Crippen LogP contribution in [0.15, 0.2) is 18.2 Å². The van der Waals surface area contributed by atoms with Crippen molar-refractivity contribution in [3.8, 4) is 11.5 Å². The van der Waals surface area contributed by atoms with Crippen LogP contribution in [-0.2, 0) is 16.1 Å². The minimum absolute atomic E-state index is 0.364. The molecule has 1 aromatic carbocycles. The molecule has 2 fully saturated rings. The average Bonchev–Trinajstić information content (AvgIpc) is 2.82. The SMILES string of the molecule is COc1ccc(CN2C[C@H]3COC[C@@H]2CN(C)C3)cc1OCC(=O)O. The molecule has 2 heterocycles. The molecule has 1 N–H and O–H groups in total. The number of carboxylic acid groups (broad SMARTS) is 1. The Labute approximate surface area is 148 Å². The Morgan fingerprint density at radius 2 is 2.12 bits per heavy atom. The van der Waals surface area contributed by atoms with Gasteiger partial charge in [0.2, 0.25) is 0 Å². The molecule has 0 aromatic heterocycles. The molecular weight excluding hydrogens is 324 g/mol. The van der Waals surface area contributed by atoms with Crippen LogP contribution in [0.2, 0.25) is 0 Å². The van der Waals surface area contributed by atoms with Crippen LogP contribution in [0.4, 0.5) is 0 Å². The zero-order valence-corrected chi connectivity index (χ0v) is 14.8. The van der Waals surface area contributed by atoms with Crippen LogP contribution in [-0.4, -0.2) is 80.5 Å². The lowest BCUT2D eigenvalue weighted by atomic mass is 10.1. The van der Waals surface area contributed by atoms with Gasteiger partial charge in [0.05, 0.1) is 20.3 Å². The summed E-state index contributed by atoms with van der Waals surface area (Å²) in [4.78, 5) is 15.6. The number of carboxylic acids is 1. The third kappa shape index (κ3) is 4.62. The van der Waals surface area contributed by atoms with E-state index in [0.717, 1.165) is 45.0 Å². The maximum Gasteiger partial charge on any atom is 0.341 e. The topological polar surface area (TPSA) is 71.5 Å². The second-order valence-electron chi connectivity index (χ2n) is 6.88. The highest BCUT2D eigenvalue weighted by atomic mass is 16.5. The Kier molecular flexibility index (Phi) is 5.78. The molecule has 2 atom stereocenters. The van der Waals surface area contributed by atoms with E-state index in [4.69, 9.17) is 19.3 Å². The van der Waals surface area contributed by atoms with Crippen LogP contribution >= 0.6 is 0 Å². The quantitative estimate of drug-likeness (QED) is 0.818. The van der Waals surface area contributed by atoms with Gasteiger partial charge in [0.1, 0.15) is 0 Å². The monoisotopic (exact) mass is 350 g/mol. The summed E-state index contributed by atoms with van der Waals surface area (Å²) in [6, 6.07) is 6.08. The van der Waals surface area contributed by atoms with E-state index in [2.05, 4.69) is 16.8 Å². The fraction of sp³-hybridized carbons (Fsp3) is 0.611. The number of nitrogens with zero attached hydrogens (tertiary/aromatic N) is 2. The second kappa shape index (κ2) is 8.03. The molecule has 25 heavy (non-hydrogen) atoms. The van der Waals surface area contributed by atoms with Crippen molar-refractivity contribution < 1.29 is 24.1 Å². The first-order valence-electron chi connectivity index (χ1n) is 8.57. The summed E-state index contributed by atoms with van der Waals surface area (Å²) in [5.74, 6) is 0.517. The number of fused-ring (bicyclic) bond motifs is 3. The minimum atomic E-state index is -1.01. The zero-order chi connectivity index (χ0) is 17.8. The van der Waals surface area contributed by atoms with E-state index >= 15 is 0 Å². The van der Waals surface area contributed by atoms with Gasteiger partial charge >= 0.3 is 5.97 Å². The smallest absolute Gasteiger partial charge is 0.341 e. The molecule has 0 spiro atoms. The van der Waals surface area contributed by atoms with Gasteiger partial charge in [-0.1, -0.05) is 6.07 Å². The molecule has 138 valence electrons. The normalized spacial score (nSPS) is 24.6. The molecule has 0 unspecified atom stereocenters. The standard InChI is InChI=1S/C18H26N2O5/c1-19-6-14-8-20(15(9-19)11-24-10-14)7-13-3-4-16(23-2)17(5-13)25-12-18(21)22/h3-5,14-15H,6-12H2,1-2H3,(H,21,22)/t14-,15-/m0/s1.